The second-order valence-corrected chi connectivity index (χ2v) is 4.48. The van der Waals surface area contributed by atoms with Crippen LogP contribution in [0, 0.1) is 5.92 Å². The lowest BCUT2D eigenvalue weighted by Crippen LogP contribution is -2.19. The van der Waals surface area contributed by atoms with Gasteiger partial charge in [0.05, 0.1) is 16.1 Å². The fourth-order valence-corrected chi connectivity index (χ4v) is 1.99. The van der Waals surface area contributed by atoms with Gasteiger partial charge in [0, 0.05) is 6.54 Å². The van der Waals surface area contributed by atoms with Crippen molar-refractivity contribution in [2.45, 2.75) is 20.4 Å². The summed E-state index contributed by atoms with van der Waals surface area (Å²) in [7, 11) is 0. The number of imidazole rings is 1. The van der Waals surface area contributed by atoms with Crippen LogP contribution in [-0.4, -0.2) is 9.55 Å². The van der Waals surface area contributed by atoms with E-state index in [0.717, 1.165) is 11.0 Å². The van der Waals surface area contributed by atoms with E-state index in [1.807, 2.05) is 12.1 Å². The van der Waals surface area contributed by atoms with Crippen molar-refractivity contribution in [3.8, 4) is 0 Å². The maximum atomic E-state index is 11.7. The topological polar surface area (TPSA) is 37.8 Å². The molecule has 80 valence electrons. The van der Waals surface area contributed by atoms with Gasteiger partial charge >= 0.3 is 5.69 Å². The third-order valence-corrected chi connectivity index (χ3v) is 2.60. The van der Waals surface area contributed by atoms with Crippen molar-refractivity contribution < 1.29 is 0 Å². The number of nitrogens with one attached hydrogen (secondary N) is 1. The first-order chi connectivity index (χ1) is 7.09. The lowest BCUT2D eigenvalue weighted by molar-refractivity contribution is 0.522. The summed E-state index contributed by atoms with van der Waals surface area (Å²) < 4.78 is 1.70. The molecule has 0 unspecified atom stereocenters. The zero-order valence-electron chi connectivity index (χ0n) is 8.75. The Labute approximate surface area is 92.7 Å². The second kappa shape index (κ2) is 3.74. The molecule has 1 aromatic heterocycles. The number of nitrogens with zero attached hydrogens (tertiary/aromatic N) is 1. The fourth-order valence-electron chi connectivity index (χ4n) is 1.71. The van der Waals surface area contributed by atoms with Gasteiger partial charge in [-0.3, -0.25) is 4.57 Å². The van der Waals surface area contributed by atoms with E-state index in [1.54, 1.807) is 10.6 Å². The third-order valence-electron chi connectivity index (χ3n) is 2.29. The van der Waals surface area contributed by atoms with E-state index >= 15 is 0 Å². The van der Waals surface area contributed by atoms with E-state index < -0.39 is 0 Å². The molecule has 0 aliphatic heterocycles. The van der Waals surface area contributed by atoms with Crippen molar-refractivity contribution in [2.24, 2.45) is 5.92 Å². The van der Waals surface area contributed by atoms with Crippen LogP contribution in [0.5, 0.6) is 0 Å². The van der Waals surface area contributed by atoms with Crippen LogP contribution in [-0.2, 0) is 6.54 Å². The molecule has 0 fully saturated rings. The van der Waals surface area contributed by atoms with E-state index in [-0.39, 0.29) is 5.69 Å². The monoisotopic (exact) mass is 224 g/mol. The van der Waals surface area contributed by atoms with Crippen molar-refractivity contribution in [2.75, 3.05) is 0 Å². The van der Waals surface area contributed by atoms with Crippen LogP contribution in [0.2, 0.25) is 5.02 Å². The van der Waals surface area contributed by atoms with E-state index in [1.165, 1.54) is 0 Å². The zero-order chi connectivity index (χ0) is 11.0. The number of para-hydroxylation sites is 1. The summed E-state index contributed by atoms with van der Waals surface area (Å²) in [5.41, 5.74) is 1.51. The number of hydrogen-bond donors (Lipinski definition) is 1. The molecule has 0 saturated heterocycles. The molecule has 1 aromatic carbocycles. The van der Waals surface area contributed by atoms with Gasteiger partial charge < -0.3 is 4.98 Å². The SMILES string of the molecule is CC(C)Cn1c(=O)[nH]c2cccc(Cl)c21. The maximum Gasteiger partial charge on any atom is 0.326 e. The average Bonchev–Trinajstić information content (AvgIpc) is 2.43. The predicted molar refractivity (Wildman–Crippen MR) is 62.4 cm³/mol. The standard InChI is InChI=1S/C11H13ClN2O/c1-7(2)6-14-10-8(12)4-3-5-9(10)13-11(14)15/h3-5,7H,6H2,1-2H3,(H,13,15). The molecule has 4 heteroatoms. The third kappa shape index (κ3) is 1.79. The largest absolute Gasteiger partial charge is 0.326 e. The van der Waals surface area contributed by atoms with Crippen LogP contribution in [0.4, 0.5) is 0 Å². The van der Waals surface area contributed by atoms with Gasteiger partial charge in [-0.25, -0.2) is 4.79 Å². The minimum absolute atomic E-state index is 0.0909. The van der Waals surface area contributed by atoms with Gasteiger partial charge in [-0.1, -0.05) is 31.5 Å². The molecule has 0 atom stereocenters. The van der Waals surface area contributed by atoms with Crippen LogP contribution >= 0.6 is 11.6 Å². The lowest BCUT2D eigenvalue weighted by atomic mass is 10.2. The first kappa shape index (κ1) is 10.3. The van der Waals surface area contributed by atoms with Gasteiger partial charge in [0.25, 0.3) is 0 Å². The molecule has 0 spiro atoms. The summed E-state index contributed by atoms with van der Waals surface area (Å²) in [4.78, 5) is 14.5. The van der Waals surface area contributed by atoms with Gasteiger partial charge in [-0.15, -0.1) is 0 Å². The van der Waals surface area contributed by atoms with Crippen molar-refractivity contribution in [3.63, 3.8) is 0 Å². The summed E-state index contributed by atoms with van der Waals surface area (Å²) in [5.74, 6) is 0.415. The zero-order valence-corrected chi connectivity index (χ0v) is 9.51. The van der Waals surface area contributed by atoms with E-state index in [4.69, 9.17) is 11.6 Å². The Bertz CT molecular complexity index is 539. The summed E-state index contributed by atoms with van der Waals surface area (Å²) in [6, 6.07) is 5.49. The number of aromatic amines is 1. The Balaban J connectivity index is 2.71. The predicted octanol–water partition coefficient (Wildman–Crippen LogP) is 2.64. The Kier molecular flexibility index (Phi) is 2.57. The highest BCUT2D eigenvalue weighted by Crippen LogP contribution is 2.21. The molecular formula is C11H13ClN2O. The van der Waals surface area contributed by atoms with Crippen LogP contribution in [0.1, 0.15) is 13.8 Å². The molecule has 0 radical (unpaired) electrons. The van der Waals surface area contributed by atoms with Gasteiger partial charge in [-0.05, 0) is 18.1 Å². The average molecular weight is 225 g/mol. The number of halogens is 1. The summed E-state index contributed by atoms with van der Waals surface area (Å²) >= 11 is 6.08. The van der Waals surface area contributed by atoms with E-state index in [0.29, 0.717) is 17.5 Å². The number of benzene rings is 1. The highest BCUT2D eigenvalue weighted by Gasteiger charge is 2.10. The van der Waals surface area contributed by atoms with Crippen LogP contribution in [0.25, 0.3) is 11.0 Å². The molecule has 2 aromatic rings. The highest BCUT2D eigenvalue weighted by molar-refractivity contribution is 6.34. The first-order valence-corrected chi connectivity index (χ1v) is 5.34. The molecule has 15 heavy (non-hydrogen) atoms. The van der Waals surface area contributed by atoms with Crippen LogP contribution in [0.3, 0.4) is 0 Å². The molecule has 0 bridgehead atoms. The molecule has 0 aliphatic carbocycles. The molecule has 2 rings (SSSR count). The molecular weight excluding hydrogens is 212 g/mol. The lowest BCUT2D eigenvalue weighted by Gasteiger charge is -2.06. The van der Waals surface area contributed by atoms with Crippen LogP contribution < -0.4 is 5.69 Å². The van der Waals surface area contributed by atoms with Gasteiger partial charge in [0.2, 0.25) is 0 Å². The summed E-state index contributed by atoms with van der Waals surface area (Å²) in [5, 5.41) is 0.617. The van der Waals surface area contributed by atoms with Crippen LogP contribution in [0.15, 0.2) is 23.0 Å². The Morgan fingerprint density at radius 3 is 2.87 bits per heavy atom. The molecule has 1 N–H and O–H groups in total. The smallest absolute Gasteiger partial charge is 0.305 e. The molecule has 1 heterocycles. The maximum absolute atomic E-state index is 11.7. The fraction of sp³-hybridized carbons (Fsp3) is 0.364. The minimum atomic E-state index is -0.0909. The molecule has 0 saturated carbocycles. The number of fused-ring (bicyclic) bond motifs is 1. The second-order valence-electron chi connectivity index (χ2n) is 4.07. The number of rotatable bonds is 2. The van der Waals surface area contributed by atoms with Crippen molar-refractivity contribution in [1.29, 1.82) is 0 Å². The number of aromatic nitrogens is 2. The summed E-state index contributed by atoms with van der Waals surface area (Å²) in [6.45, 7) is 4.83. The summed E-state index contributed by atoms with van der Waals surface area (Å²) in [6.07, 6.45) is 0. The first-order valence-electron chi connectivity index (χ1n) is 4.96. The molecule has 3 nitrogen and oxygen atoms in total. The normalized spacial score (nSPS) is 11.5. The highest BCUT2D eigenvalue weighted by atomic mass is 35.5. The van der Waals surface area contributed by atoms with Crippen molar-refractivity contribution in [1.82, 2.24) is 9.55 Å². The Morgan fingerprint density at radius 2 is 2.20 bits per heavy atom. The molecule has 0 amide bonds. The molecule has 0 aliphatic rings. The van der Waals surface area contributed by atoms with Gasteiger partial charge in [-0.2, -0.15) is 0 Å². The van der Waals surface area contributed by atoms with E-state index in [2.05, 4.69) is 18.8 Å². The van der Waals surface area contributed by atoms with Gasteiger partial charge in [0.15, 0.2) is 0 Å². The number of H-pyrrole nitrogens is 1. The van der Waals surface area contributed by atoms with Crippen molar-refractivity contribution >= 4 is 22.6 Å². The Hall–Kier alpha value is -1.22. The van der Waals surface area contributed by atoms with E-state index in [9.17, 15) is 4.79 Å². The van der Waals surface area contributed by atoms with Crippen molar-refractivity contribution in [3.05, 3.63) is 33.7 Å². The quantitative estimate of drug-likeness (QED) is 0.837. The minimum Gasteiger partial charge on any atom is -0.305 e. The number of hydrogen-bond acceptors (Lipinski definition) is 1. The Morgan fingerprint density at radius 1 is 1.47 bits per heavy atom. The van der Waals surface area contributed by atoms with Gasteiger partial charge in [0.1, 0.15) is 0 Å².